The van der Waals surface area contributed by atoms with Crippen LogP contribution in [0.1, 0.15) is 11.4 Å². The minimum absolute atomic E-state index is 0.632. The molecule has 1 heterocycles. The average Bonchev–Trinajstić information content (AvgIpc) is 2.78. The first-order chi connectivity index (χ1) is 8.20. The Morgan fingerprint density at radius 1 is 1.18 bits per heavy atom. The maximum atomic E-state index is 6.10. The number of aromatic nitrogens is 2. The van der Waals surface area contributed by atoms with Crippen molar-refractivity contribution in [1.29, 1.82) is 0 Å². The number of halogens is 3. The molecule has 17 heavy (non-hydrogen) atoms. The monoisotopic (exact) mass is 306 g/mol. The standard InChI is InChI=1S/C11H9Cl3N2S/c12-5-1-2-10-15-16-11(17-10)8-6-7(13)3-4-9(8)14/h3-4,6H,1-2,5H2. The van der Waals surface area contributed by atoms with Gasteiger partial charge in [0.2, 0.25) is 0 Å². The molecule has 0 saturated heterocycles. The van der Waals surface area contributed by atoms with Crippen molar-refractivity contribution in [1.82, 2.24) is 10.2 Å². The zero-order valence-corrected chi connectivity index (χ0v) is 11.9. The summed E-state index contributed by atoms with van der Waals surface area (Å²) >= 11 is 19.2. The van der Waals surface area contributed by atoms with Crippen LogP contribution in [-0.2, 0) is 6.42 Å². The molecule has 2 nitrogen and oxygen atoms in total. The summed E-state index contributed by atoms with van der Waals surface area (Å²) in [5.41, 5.74) is 0.828. The highest BCUT2D eigenvalue weighted by Gasteiger charge is 2.10. The molecule has 0 saturated carbocycles. The van der Waals surface area contributed by atoms with Crippen molar-refractivity contribution in [3.8, 4) is 10.6 Å². The summed E-state index contributed by atoms with van der Waals surface area (Å²) < 4.78 is 0. The summed E-state index contributed by atoms with van der Waals surface area (Å²) in [5, 5.41) is 11.3. The number of hydrogen-bond acceptors (Lipinski definition) is 3. The predicted molar refractivity (Wildman–Crippen MR) is 74.4 cm³/mol. The van der Waals surface area contributed by atoms with Crippen LogP contribution >= 0.6 is 46.1 Å². The van der Waals surface area contributed by atoms with Crippen LogP contribution in [0.4, 0.5) is 0 Å². The molecule has 2 rings (SSSR count). The SMILES string of the molecule is ClCCCc1nnc(-c2cc(Cl)ccc2Cl)s1. The van der Waals surface area contributed by atoms with Gasteiger partial charge in [0.05, 0.1) is 5.02 Å². The Hall–Kier alpha value is -0.350. The van der Waals surface area contributed by atoms with E-state index >= 15 is 0 Å². The molecule has 1 aromatic heterocycles. The van der Waals surface area contributed by atoms with E-state index in [9.17, 15) is 0 Å². The van der Waals surface area contributed by atoms with Gasteiger partial charge in [0.25, 0.3) is 0 Å². The third-order valence-electron chi connectivity index (χ3n) is 2.15. The Labute approximate surface area is 119 Å². The molecule has 0 aliphatic heterocycles. The number of aryl methyl sites for hydroxylation is 1. The third-order valence-corrected chi connectivity index (χ3v) is 4.00. The number of nitrogens with zero attached hydrogens (tertiary/aromatic N) is 2. The molecule has 0 aliphatic rings. The largest absolute Gasteiger partial charge is 0.149 e. The summed E-state index contributed by atoms with van der Waals surface area (Å²) in [7, 11) is 0. The van der Waals surface area contributed by atoms with Gasteiger partial charge in [0.1, 0.15) is 10.0 Å². The molecule has 1 aromatic carbocycles. The summed E-state index contributed by atoms with van der Waals surface area (Å²) in [6, 6.07) is 5.32. The highest BCUT2D eigenvalue weighted by molar-refractivity contribution is 7.14. The van der Waals surface area contributed by atoms with Gasteiger partial charge >= 0.3 is 0 Å². The quantitative estimate of drug-likeness (QED) is 0.766. The van der Waals surface area contributed by atoms with Crippen molar-refractivity contribution >= 4 is 46.1 Å². The van der Waals surface area contributed by atoms with E-state index in [1.807, 2.05) is 0 Å². The molecule has 0 aliphatic carbocycles. The zero-order chi connectivity index (χ0) is 12.3. The van der Waals surface area contributed by atoms with E-state index in [0.717, 1.165) is 28.4 Å². The Morgan fingerprint density at radius 3 is 2.76 bits per heavy atom. The summed E-state index contributed by atoms with van der Waals surface area (Å²) in [6.45, 7) is 0. The minimum Gasteiger partial charge on any atom is -0.143 e. The van der Waals surface area contributed by atoms with Gasteiger partial charge in [-0.3, -0.25) is 0 Å². The lowest BCUT2D eigenvalue weighted by Gasteiger charge is -1.99. The highest BCUT2D eigenvalue weighted by Crippen LogP contribution is 2.32. The normalized spacial score (nSPS) is 10.8. The van der Waals surface area contributed by atoms with E-state index in [0.29, 0.717) is 15.9 Å². The van der Waals surface area contributed by atoms with Crippen molar-refractivity contribution in [2.45, 2.75) is 12.8 Å². The third kappa shape index (κ3) is 3.32. The van der Waals surface area contributed by atoms with Crippen molar-refractivity contribution in [3.05, 3.63) is 33.3 Å². The Bertz CT molecular complexity index is 513. The minimum atomic E-state index is 0.632. The van der Waals surface area contributed by atoms with E-state index in [1.54, 1.807) is 18.2 Å². The van der Waals surface area contributed by atoms with Gasteiger partial charge in [0.15, 0.2) is 0 Å². The Morgan fingerprint density at radius 2 is 2.00 bits per heavy atom. The lowest BCUT2D eigenvalue weighted by atomic mass is 10.2. The van der Waals surface area contributed by atoms with Gasteiger partial charge in [-0.1, -0.05) is 34.5 Å². The van der Waals surface area contributed by atoms with Crippen LogP contribution in [0.3, 0.4) is 0 Å². The van der Waals surface area contributed by atoms with Crippen LogP contribution in [0.15, 0.2) is 18.2 Å². The first-order valence-electron chi connectivity index (χ1n) is 5.04. The maximum absolute atomic E-state index is 6.10. The van der Waals surface area contributed by atoms with Gasteiger partial charge in [0, 0.05) is 22.9 Å². The summed E-state index contributed by atoms with van der Waals surface area (Å²) in [6.07, 6.45) is 1.75. The summed E-state index contributed by atoms with van der Waals surface area (Å²) in [4.78, 5) is 0. The maximum Gasteiger partial charge on any atom is 0.149 e. The first kappa shape index (κ1) is 13.1. The zero-order valence-electron chi connectivity index (χ0n) is 8.79. The van der Waals surface area contributed by atoms with Crippen LogP contribution < -0.4 is 0 Å². The van der Waals surface area contributed by atoms with Crippen molar-refractivity contribution < 1.29 is 0 Å². The van der Waals surface area contributed by atoms with E-state index in [4.69, 9.17) is 34.8 Å². The second-order valence-corrected chi connectivity index (χ2v) is 5.70. The lowest BCUT2D eigenvalue weighted by molar-refractivity contribution is 0.884. The molecule has 0 bridgehead atoms. The van der Waals surface area contributed by atoms with Crippen molar-refractivity contribution in [2.75, 3.05) is 5.88 Å². The first-order valence-corrected chi connectivity index (χ1v) is 7.15. The van der Waals surface area contributed by atoms with Crippen molar-refractivity contribution in [3.63, 3.8) is 0 Å². The number of alkyl halides is 1. The molecule has 0 radical (unpaired) electrons. The second-order valence-electron chi connectivity index (χ2n) is 3.42. The Balaban J connectivity index is 2.27. The number of rotatable bonds is 4. The smallest absolute Gasteiger partial charge is 0.143 e. The fraction of sp³-hybridized carbons (Fsp3) is 0.273. The molecule has 90 valence electrons. The second kappa shape index (κ2) is 6.01. The molecule has 0 amide bonds. The topological polar surface area (TPSA) is 25.8 Å². The molecule has 0 unspecified atom stereocenters. The van der Waals surface area contributed by atoms with Crippen LogP contribution in [0.25, 0.3) is 10.6 Å². The molecular formula is C11H9Cl3N2S. The fourth-order valence-electron chi connectivity index (χ4n) is 1.34. The Kier molecular flexibility index (Phi) is 4.62. The number of hydrogen-bond donors (Lipinski definition) is 0. The fourth-order valence-corrected chi connectivity index (χ4v) is 2.82. The molecule has 6 heteroatoms. The number of benzene rings is 1. The van der Waals surface area contributed by atoms with E-state index in [2.05, 4.69) is 10.2 Å². The molecule has 0 N–H and O–H groups in total. The highest BCUT2D eigenvalue weighted by atomic mass is 35.5. The molecule has 0 spiro atoms. The summed E-state index contributed by atoms with van der Waals surface area (Å²) in [5.74, 6) is 0.632. The van der Waals surface area contributed by atoms with Crippen LogP contribution in [-0.4, -0.2) is 16.1 Å². The molecule has 2 aromatic rings. The van der Waals surface area contributed by atoms with Gasteiger partial charge in [-0.05, 0) is 24.6 Å². The average molecular weight is 308 g/mol. The van der Waals surface area contributed by atoms with Gasteiger partial charge < -0.3 is 0 Å². The van der Waals surface area contributed by atoms with Gasteiger partial charge in [-0.2, -0.15) is 0 Å². The van der Waals surface area contributed by atoms with E-state index < -0.39 is 0 Å². The molecule has 0 atom stereocenters. The van der Waals surface area contributed by atoms with Crippen molar-refractivity contribution in [2.24, 2.45) is 0 Å². The van der Waals surface area contributed by atoms with Gasteiger partial charge in [-0.15, -0.1) is 21.8 Å². The van der Waals surface area contributed by atoms with E-state index in [1.165, 1.54) is 11.3 Å². The molecular weight excluding hydrogens is 299 g/mol. The van der Waals surface area contributed by atoms with E-state index in [-0.39, 0.29) is 0 Å². The predicted octanol–water partition coefficient (Wildman–Crippen LogP) is 4.68. The van der Waals surface area contributed by atoms with Crippen LogP contribution in [0, 0.1) is 0 Å². The van der Waals surface area contributed by atoms with Crippen LogP contribution in [0.5, 0.6) is 0 Å². The molecule has 0 fully saturated rings. The lowest BCUT2D eigenvalue weighted by Crippen LogP contribution is -1.84. The van der Waals surface area contributed by atoms with Gasteiger partial charge in [-0.25, -0.2) is 0 Å². The van der Waals surface area contributed by atoms with Crippen LogP contribution in [0.2, 0.25) is 10.0 Å².